The Hall–Kier alpha value is -2.36. The molecule has 1 aliphatic rings. The minimum absolute atomic E-state index is 0.137. The van der Waals surface area contributed by atoms with Crippen molar-refractivity contribution >= 4 is 28.9 Å². The Morgan fingerprint density at radius 1 is 1.24 bits per heavy atom. The van der Waals surface area contributed by atoms with Crippen LogP contribution in [0.1, 0.15) is 12.0 Å². The van der Waals surface area contributed by atoms with E-state index in [4.69, 9.17) is 4.42 Å². The molecule has 1 aromatic heterocycles. The van der Waals surface area contributed by atoms with Crippen LogP contribution in [-0.2, 0) is 9.59 Å². The van der Waals surface area contributed by atoms with Crippen molar-refractivity contribution in [2.45, 2.75) is 6.42 Å². The third-order valence-electron chi connectivity index (χ3n) is 2.74. The van der Waals surface area contributed by atoms with Crippen LogP contribution in [0.15, 0.2) is 40.5 Å². The molecule has 4 heteroatoms. The highest BCUT2D eigenvalue weighted by Gasteiger charge is 2.23. The van der Waals surface area contributed by atoms with Crippen LogP contribution in [0.25, 0.3) is 17.0 Å². The fourth-order valence-corrected chi connectivity index (χ4v) is 1.92. The van der Waals surface area contributed by atoms with Crippen LogP contribution in [0, 0.1) is 0 Å². The van der Waals surface area contributed by atoms with E-state index in [0.29, 0.717) is 5.57 Å². The van der Waals surface area contributed by atoms with Crippen molar-refractivity contribution in [2.24, 2.45) is 0 Å². The Morgan fingerprint density at radius 2 is 2.06 bits per heavy atom. The highest BCUT2D eigenvalue weighted by Crippen LogP contribution is 2.24. The second-order valence-corrected chi connectivity index (χ2v) is 3.91. The van der Waals surface area contributed by atoms with Crippen molar-refractivity contribution in [1.29, 1.82) is 0 Å². The number of furan rings is 1. The third-order valence-corrected chi connectivity index (χ3v) is 2.74. The molecule has 2 amide bonds. The lowest BCUT2D eigenvalue weighted by atomic mass is 10.1. The zero-order valence-electron chi connectivity index (χ0n) is 8.90. The van der Waals surface area contributed by atoms with Gasteiger partial charge in [0.1, 0.15) is 5.58 Å². The maximum atomic E-state index is 11.4. The summed E-state index contributed by atoms with van der Waals surface area (Å²) in [4.78, 5) is 22.5. The van der Waals surface area contributed by atoms with Crippen LogP contribution in [0.2, 0.25) is 0 Å². The first-order chi connectivity index (χ1) is 8.24. The SMILES string of the molecule is O=C1C/C(=C/c2coc3ccccc23)C(=O)N1. The second-order valence-electron chi connectivity index (χ2n) is 3.91. The first-order valence-corrected chi connectivity index (χ1v) is 5.25. The molecular weight excluding hydrogens is 218 g/mol. The molecule has 17 heavy (non-hydrogen) atoms. The summed E-state index contributed by atoms with van der Waals surface area (Å²) in [5.41, 5.74) is 2.06. The van der Waals surface area contributed by atoms with Gasteiger partial charge >= 0.3 is 0 Å². The molecule has 1 N–H and O–H groups in total. The summed E-state index contributed by atoms with van der Waals surface area (Å²) in [5.74, 6) is -0.575. The van der Waals surface area contributed by atoms with Crippen LogP contribution < -0.4 is 5.32 Å². The number of nitrogens with one attached hydrogen (secondary N) is 1. The maximum Gasteiger partial charge on any atom is 0.254 e. The molecule has 0 atom stereocenters. The monoisotopic (exact) mass is 227 g/mol. The van der Waals surface area contributed by atoms with Crippen LogP contribution in [0.3, 0.4) is 0 Å². The number of carbonyl (C=O) groups excluding carboxylic acids is 2. The zero-order valence-corrected chi connectivity index (χ0v) is 8.90. The number of hydrogen-bond donors (Lipinski definition) is 1. The first kappa shape index (κ1) is 9.84. The van der Waals surface area contributed by atoms with Crippen LogP contribution in [0.4, 0.5) is 0 Å². The summed E-state index contributed by atoms with van der Waals surface area (Å²) in [6, 6.07) is 7.56. The van der Waals surface area contributed by atoms with Crippen molar-refractivity contribution in [2.75, 3.05) is 0 Å². The molecule has 84 valence electrons. The van der Waals surface area contributed by atoms with E-state index in [1.807, 2.05) is 24.3 Å². The van der Waals surface area contributed by atoms with Crippen LogP contribution in [0.5, 0.6) is 0 Å². The van der Waals surface area contributed by atoms with Crippen molar-refractivity contribution in [3.63, 3.8) is 0 Å². The van der Waals surface area contributed by atoms with E-state index >= 15 is 0 Å². The van der Waals surface area contributed by atoms with Gasteiger partial charge in [-0.05, 0) is 12.1 Å². The van der Waals surface area contributed by atoms with E-state index < -0.39 is 0 Å². The normalized spacial score (nSPS) is 18.0. The van der Waals surface area contributed by atoms with Gasteiger partial charge in [-0.15, -0.1) is 0 Å². The van der Waals surface area contributed by atoms with Gasteiger partial charge in [0.25, 0.3) is 5.91 Å². The molecule has 0 unspecified atom stereocenters. The predicted octanol–water partition coefficient (Wildman–Crippen LogP) is 1.86. The average Bonchev–Trinajstić information content (AvgIpc) is 2.85. The number of fused-ring (bicyclic) bond motifs is 1. The van der Waals surface area contributed by atoms with E-state index in [1.165, 1.54) is 0 Å². The highest BCUT2D eigenvalue weighted by molar-refractivity contribution is 6.16. The standard InChI is InChI=1S/C13H9NO3/c15-12-6-8(13(16)14-12)5-9-7-17-11-4-2-1-3-10(9)11/h1-5,7H,6H2,(H,14,15,16)/b8-5-. The van der Waals surface area contributed by atoms with Crippen molar-refractivity contribution in [3.05, 3.63) is 41.7 Å². The molecule has 1 aromatic carbocycles. The second kappa shape index (κ2) is 3.59. The fourth-order valence-electron chi connectivity index (χ4n) is 1.92. The number of carbonyl (C=O) groups is 2. The Labute approximate surface area is 96.9 Å². The van der Waals surface area contributed by atoms with E-state index in [2.05, 4.69) is 5.32 Å². The van der Waals surface area contributed by atoms with Crippen LogP contribution in [-0.4, -0.2) is 11.8 Å². The molecule has 0 bridgehead atoms. The summed E-state index contributed by atoms with van der Waals surface area (Å²) in [6.07, 6.45) is 3.43. The van der Waals surface area contributed by atoms with Gasteiger partial charge in [0.2, 0.25) is 5.91 Å². The lowest BCUT2D eigenvalue weighted by Crippen LogP contribution is -2.19. The Bertz CT molecular complexity index is 651. The molecule has 3 rings (SSSR count). The van der Waals surface area contributed by atoms with Gasteiger partial charge in [-0.2, -0.15) is 0 Å². The largest absolute Gasteiger partial charge is 0.464 e. The number of hydrogen-bond acceptors (Lipinski definition) is 3. The van der Waals surface area contributed by atoms with Crippen molar-refractivity contribution < 1.29 is 14.0 Å². The molecule has 1 saturated heterocycles. The Balaban J connectivity index is 2.08. The first-order valence-electron chi connectivity index (χ1n) is 5.25. The summed E-state index contributed by atoms with van der Waals surface area (Å²) >= 11 is 0. The van der Waals surface area contributed by atoms with E-state index in [-0.39, 0.29) is 18.2 Å². The molecule has 0 radical (unpaired) electrons. The maximum absolute atomic E-state index is 11.4. The van der Waals surface area contributed by atoms with Gasteiger partial charge in [0.05, 0.1) is 12.7 Å². The molecule has 0 saturated carbocycles. The molecular formula is C13H9NO3. The average molecular weight is 227 g/mol. The van der Waals surface area contributed by atoms with E-state index in [1.54, 1.807) is 12.3 Å². The molecule has 1 fully saturated rings. The lowest BCUT2D eigenvalue weighted by Gasteiger charge is -1.92. The van der Waals surface area contributed by atoms with Gasteiger partial charge in [-0.3, -0.25) is 14.9 Å². The topological polar surface area (TPSA) is 59.3 Å². The van der Waals surface area contributed by atoms with Gasteiger partial charge in [0, 0.05) is 16.5 Å². The van der Waals surface area contributed by atoms with Crippen LogP contribution >= 0.6 is 0 Å². The molecule has 1 aliphatic heterocycles. The quantitative estimate of drug-likeness (QED) is 0.597. The summed E-state index contributed by atoms with van der Waals surface area (Å²) in [6.45, 7) is 0. The van der Waals surface area contributed by atoms with Gasteiger partial charge in [-0.1, -0.05) is 18.2 Å². The summed E-state index contributed by atoms with van der Waals surface area (Å²) < 4.78 is 5.36. The number of benzene rings is 1. The summed E-state index contributed by atoms with van der Waals surface area (Å²) in [7, 11) is 0. The molecule has 2 heterocycles. The molecule has 4 nitrogen and oxygen atoms in total. The number of rotatable bonds is 1. The van der Waals surface area contributed by atoms with Gasteiger partial charge in [0.15, 0.2) is 0 Å². The van der Waals surface area contributed by atoms with E-state index in [0.717, 1.165) is 16.5 Å². The fraction of sp³-hybridized carbons (Fsp3) is 0.0769. The number of para-hydroxylation sites is 1. The summed E-state index contributed by atoms with van der Waals surface area (Å²) in [5, 5.41) is 3.19. The lowest BCUT2D eigenvalue weighted by molar-refractivity contribution is -0.124. The van der Waals surface area contributed by atoms with Crippen molar-refractivity contribution in [1.82, 2.24) is 5.32 Å². The minimum Gasteiger partial charge on any atom is -0.464 e. The van der Waals surface area contributed by atoms with E-state index in [9.17, 15) is 9.59 Å². The van der Waals surface area contributed by atoms with Gasteiger partial charge < -0.3 is 4.42 Å². The zero-order chi connectivity index (χ0) is 11.8. The molecule has 0 aliphatic carbocycles. The Morgan fingerprint density at radius 3 is 2.82 bits per heavy atom. The Kier molecular flexibility index (Phi) is 2.08. The highest BCUT2D eigenvalue weighted by atomic mass is 16.3. The molecule has 0 spiro atoms. The smallest absolute Gasteiger partial charge is 0.254 e. The number of amides is 2. The predicted molar refractivity (Wildman–Crippen MR) is 62.0 cm³/mol. The van der Waals surface area contributed by atoms with Crippen molar-refractivity contribution in [3.8, 4) is 0 Å². The van der Waals surface area contributed by atoms with Gasteiger partial charge in [-0.25, -0.2) is 0 Å². The minimum atomic E-state index is -0.319. The molecule has 2 aromatic rings. The third kappa shape index (κ3) is 1.63. The number of imide groups is 1.